The molecule has 1 aromatic rings. The van der Waals surface area contributed by atoms with E-state index in [0.717, 1.165) is 19.5 Å². The Labute approximate surface area is 130 Å². The zero-order chi connectivity index (χ0) is 15.4. The summed E-state index contributed by atoms with van der Waals surface area (Å²) in [4.78, 5) is 14.5. The third kappa shape index (κ3) is 3.96. The molecule has 1 fully saturated rings. The number of nitrogens with one attached hydrogen (secondary N) is 1. The van der Waals surface area contributed by atoms with Gasteiger partial charge in [-0.3, -0.25) is 9.69 Å². The Balaban J connectivity index is 2.00. The molecule has 0 spiro atoms. The minimum Gasteiger partial charge on any atom is -0.325 e. The molecular formula is C16H20ClN3O. The summed E-state index contributed by atoms with van der Waals surface area (Å²) in [7, 11) is 0. The summed E-state index contributed by atoms with van der Waals surface area (Å²) in [5, 5.41) is 12.1. The lowest BCUT2D eigenvalue weighted by Gasteiger charge is -2.34. The van der Waals surface area contributed by atoms with Crippen LogP contribution in [-0.4, -0.2) is 29.9 Å². The van der Waals surface area contributed by atoms with Gasteiger partial charge in [-0.1, -0.05) is 18.5 Å². The van der Waals surface area contributed by atoms with Crippen molar-refractivity contribution >= 4 is 23.2 Å². The number of piperidine rings is 1. The van der Waals surface area contributed by atoms with Crippen LogP contribution in [0.5, 0.6) is 0 Å². The molecule has 0 radical (unpaired) electrons. The molecule has 1 amide bonds. The van der Waals surface area contributed by atoms with Crippen molar-refractivity contribution in [3.05, 3.63) is 28.8 Å². The van der Waals surface area contributed by atoms with Crippen molar-refractivity contribution in [2.45, 2.75) is 32.7 Å². The highest BCUT2D eigenvalue weighted by atomic mass is 35.5. The molecule has 1 saturated heterocycles. The molecule has 1 aromatic carbocycles. The van der Waals surface area contributed by atoms with Gasteiger partial charge in [0.1, 0.15) is 6.07 Å². The van der Waals surface area contributed by atoms with E-state index in [4.69, 9.17) is 16.9 Å². The number of halogens is 1. The summed E-state index contributed by atoms with van der Waals surface area (Å²) in [6.07, 6.45) is 2.37. The summed E-state index contributed by atoms with van der Waals surface area (Å²) < 4.78 is 0. The van der Waals surface area contributed by atoms with E-state index in [9.17, 15) is 4.79 Å². The van der Waals surface area contributed by atoms with E-state index in [-0.39, 0.29) is 11.9 Å². The van der Waals surface area contributed by atoms with Crippen molar-refractivity contribution in [1.82, 2.24) is 4.90 Å². The Kier molecular flexibility index (Phi) is 5.22. The van der Waals surface area contributed by atoms with Gasteiger partial charge in [0.05, 0.1) is 16.6 Å². The largest absolute Gasteiger partial charge is 0.325 e. The fraction of sp³-hybridized carbons (Fsp3) is 0.500. The molecular weight excluding hydrogens is 286 g/mol. The van der Waals surface area contributed by atoms with Crippen molar-refractivity contribution in [3.8, 4) is 6.07 Å². The molecule has 1 aliphatic rings. The second-order valence-corrected chi connectivity index (χ2v) is 6.12. The second kappa shape index (κ2) is 6.93. The van der Waals surface area contributed by atoms with Gasteiger partial charge in [0.2, 0.25) is 5.91 Å². The van der Waals surface area contributed by atoms with Crippen LogP contribution < -0.4 is 5.32 Å². The van der Waals surface area contributed by atoms with Crippen LogP contribution in [0, 0.1) is 17.2 Å². The van der Waals surface area contributed by atoms with Gasteiger partial charge >= 0.3 is 0 Å². The van der Waals surface area contributed by atoms with Crippen LogP contribution in [0.2, 0.25) is 5.02 Å². The number of rotatable bonds is 3. The second-order valence-electron chi connectivity index (χ2n) is 5.71. The first-order chi connectivity index (χ1) is 10.0. The maximum Gasteiger partial charge on any atom is 0.241 e. The van der Waals surface area contributed by atoms with Gasteiger partial charge in [-0.15, -0.1) is 0 Å². The van der Waals surface area contributed by atoms with E-state index in [1.807, 2.05) is 13.0 Å². The Morgan fingerprint density at radius 2 is 2.33 bits per heavy atom. The van der Waals surface area contributed by atoms with Crippen molar-refractivity contribution in [1.29, 1.82) is 5.26 Å². The molecule has 112 valence electrons. The lowest BCUT2D eigenvalue weighted by atomic mass is 9.99. The van der Waals surface area contributed by atoms with Gasteiger partial charge in [0.15, 0.2) is 0 Å². The molecule has 21 heavy (non-hydrogen) atoms. The zero-order valence-corrected chi connectivity index (χ0v) is 13.2. The predicted molar refractivity (Wildman–Crippen MR) is 84.2 cm³/mol. The molecule has 0 aromatic heterocycles. The SMILES string of the molecule is C[C@H]1CCCN([C@@H](C)C(=O)Nc2ccc(C#N)c(Cl)c2)C1. The first-order valence-corrected chi connectivity index (χ1v) is 7.63. The van der Waals surface area contributed by atoms with Gasteiger partial charge in [0.25, 0.3) is 0 Å². The quantitative estimate of drug-likeness (QED) is 0.932. The zero-order valence-electron chi connectivity index (χ0n) is 12.4. The van der Waals surface area contributed by atoms with Gasteiger partial charge < -0.3 is 5.32 Å². The summed E-state index contributed by atoms with van der Waals surface area (Å²) >= 11 is 5.98. The number of anilines is 1. The number of amides is 1. The molecule has 0 aliphatic carbocycles. The van der Waals surface area contributed by atoms with Crippen LogP contribution in [0.3, 0.4) is 0 Å². The summed E-state index contributed by atoms with van der Waals surface area (Å²) in [5.41, 5.74) is 1.04. The Morgan fingerprint density at radius 1 is 1.57 bits per heavy atom. The highest BCUT2D eigenvalue weighted by Gasteiger charge is 2.25. The number of nitriles is 1. The van der Waals surface area contributed by atoms with Crippen LogP contribution in [0.15, 0.2) is 18.2 Å². The molecule has 0 bridgehead atoms. The van der Waals surface area contributed by atoms with Crippen LogP contribution in [0.1, 0.15) is 32.3 Å². The normalized spacial score (nSPS) is 20.6. The van der Waals surface area contributed by atoms with E-state index in [1.54, 1.807) is 18.2 Å². The molecule has 1 N–H and O–H groups in total. The van der Waals surface area contributed by atoms with E-state index in [1.165, 1.54) is 6.42 Å². The predicted octanol–water partition coefficient (Wildman–Crippen LogP) is 3.27. The molecule has 4 nitrogen and oxygen atoms in total. The number of likely N-dealkylation sites (tertiary alicyclic amines) is 1. The van der Waals surface area contributed by atoms with Crippen molar-refractivity contribution in [3.63, 3.8) is 0 Å². The standard InChI is InChI=1S/C16H20ClN3O/c1-11-4-3-7-20(10-11)12(2)16(21)19-14-6-5-13(9-18)15(17)8-14/h5-6,8,11-12H,3-4,7,10H2,1-2H3,(H,19,21)/t11-,12-/m0/s1. The van der Waals surface area contributed by atoms with Crippen LogP contribution >= 0.6 is 11.6 Å². The fourth-order valence-corrected chi connectivity index (χ4v) is 2.90. The average molecular weight is 306 g/mol. The molecule has 1 aliphatic heterocycles. The lowest BCUT2D eigenvalue weighted by Crippen LogP contribution is -2.46. The minimum atomic E-state index is -0.165. The summed E-state index contributed by atoms with van der Waals surface area (Å²) in [6.45, 7) is 6.07. The van der Waals surface area contributed by atoms with Crippen molar-refractivity contribution in [2.24, 2.45) is 5.92 Å². The topological polar surface area (TPSA) is 56.1 Å². The Hall–Kier alpha value is -1.57. The molecule has 2 atom stereocenters. The maximum absolute atomic E-state index is 12.3. The molecule has 0 saturated carbocycles. The summed E-state index contributed by atoms with van der Waals surface area (Å²) in [6, 6.07) is 6.77. The van der Waals surface area contributed by atoms with Gasteiger partial charge in [-0.05, 0) is 50.4 Å². The number of benzene rings is 1. The summed E-state index contributed by atoms with van der Waals surface area (Å²) in [5.74, 6) is 0.600. The molecule has 1 heterocycles. The van der Waals surface area contributed by atoms with Crippen molar-refractivity contribution < 1.29 is 4.79 Å². The third-order valence-corrected chi connectivity index (χ3v) is 4.29. The smallest absolute Gasteiger partial charge is 0.241 e. The monoisotopic (exact) mass is 305 g/mol. The number of carbonyl (C=O) groups excluding carboxylic acids is 1. The molecule has 2 rings (SSSR count). The van der Waals surface area contributed by atoms with Gasteiger partial charge in [-0.2, -0.15) is 5.26 Å². The lowest BCUT2D eigenvalue weighted by molar-refractivity contribution is -0.121. The van der Waals surface area contributed by atoms with Crippen LogP contribution in [-0.2, 0) is 4.79 Å². The molecule has 0 unspecified atom stereocenters. The van der Waals surface area contributed by atoms with Gasteiger partial charge in [-0.25, -0.2) is 0 Å². The van der Waals surface area contributed by atoms with E-state index >= 15 is 0 Å². The van der Waals surface area contributed by atoms with Gasteiger partial charge in [0, 0.05) is 12.2 Å². The number of carbonyl (C=O) groups is 1. The highest BCUT2D eigenvalue weighted by molar-refractivity contribution is 6.32. The minimum absolute atomic E-state index is 0.0372. The van der Waals surface area contributed by atoms with Crippen LogP contribution in [0.4, 0.5) is 5.69 Å². The first-order valence-electron chi connectivity index (χ1n) is 7.26. The van der Waals surface area contributed by atoms with Crippen molar-refractivity contribution in [2.75, 3.05) is 18.4 Å². The fourth-order valence-electron chi connectivity index (χ4n) is 2.67. The van der Waals surface area contributed by atoms with E-state index < -0.39 is 0 Å². The number of hydrogen-bond donors (Lipinski definition) is 1. The number of hydrogen-bond acceptors (Lipinski definition) is 3. The third-order valence-electron chi connectivity index (χ3n) is 3.97. The Bertz CT molecular complexity index is 567. The molecule has 5 heteroatoms. The average Bonchev–Trinajstić information content (AvgIpc) is 2.46. The van der Waals surface area contributed by atoms with E-state index in [0.29, 0.717) is 22.2 Å². The Morgan fingerprint density at radius 3 is 2.95 bits per heavy atom. The first kappa shape index (κ1) is 15.8. The number of nitrogens with zero attached hydrogens (tertiary/aromatic N) is 2. The van der Waals surface area contributed by atoms with E-state index in [2.05, 4.69) is 17.1 Å². The highest BCUT2D eigenvalue weighted by Crippen LogP contribution is 2.22. The maximum atomic E-state index is 12.3. The van der Waals surface area contributed by atoms with Crippen LogP contribution in [0.25, 0.3) is 0 Å².